The van der Waals surface area contributed by atoms with Crippen LogP contribution in [-0.4, -0.2) is 39.1 Å². The maximum Gasteiger partial charge on any atom is 0.329 e. The van der Waals surface area contributed by atoms with Crippen molar-refractivity contribution >= 4 is 12.0 Å². The summed E-state index contributed by atoms with van der Waals surface area (Å²) in [6, 6.07) is 3.30. The Hall–Kier alpha value is -2.11. The average molecular weight is 263 g/mol. The van der Waals surface area contributed by atoms with Crippen LogP contribution in [-0.2, 0) is 11.3 Å². The fourth-order valence-corrected chi connectivity index (χ4v) is 2.29. The highest BCUT2D eigenvalue weighted by Gasteiger charge is 2.45. The third-order valence-corrected chi connectivity index (χ3v) is 3.51. The molecule has 1 saturated heterocycles. The number of pyridine rings is 1. The van der Waals surface area contributed by atoms with Crippen LogP contribution < -0.4 is 5.32 Å². The molecule has 102 valence electrons. The monoisotopic (exact) mass is 263 g/mol. The summed E-state index contributed by atoms with van der Waals surface area (Å²) in [6.07, 6.45) is 4.53. The molecule has 0 aliphatic carbocycles. The minimum atomic E-state index is -1.10. The predicted octanol–water partition coefficient (Wildman–Crippen LogP) is 1.23. The number of hydrogen-bond donors (Lipinski definition) is 2. The summed E-state index contributed by atoms with van der Waals surface area (Å²) in [5.41, 5.74) is -0.217. The number of aliphatic carboxylic acids is 1. The Kier molecular flexibility index (Phi) is 3.69. The molecule has 1 aromatic heterocycles. The molecule has 1 aromatic rings. The minimum absolute atomic E-state index is 0.341. The number of rotatable bonds is 3. The second-order valence-electron chi connectivity index (χ2n) is 4.85. The summed E-state index contributed by atoms with van der Waals surface area (Å²) in [7, 11) is 0. The number of hydrogen-bond acceptors (Lipinski definition) is 3. The van der Waals surface area contributed by atoms with Crippen molar-refractivity contribution in [3.63, 3.8) is 0 Å². The zero-order chi connectivity index (χ0) is 13.9. The molecule has 2 rings (SSSR count). The van der Waals surface area contributed by atoms with E-state index >= 15 is 0 Å². The molecule has 1 atom stereocenters. The van der Waals surface area contributed by atoms with Gasteiger partial charge in [0.1, 0.15) is 5.54 Å². The van der Waals surface area contributed by atoms with E-state index in [0.717, 1.165) is 5.56 Å². The van der Waals surface area contributed by atoms with Gasteiger partial charge in [-0.3, -0.25) is 4.98 Å². The predicted molar refractivity (Wildman–Crippen MR) is 68.5 cm³/mol. The molecule has 0 radical (unpaired) electrons. The van der Waals surface area contributed by atoms with Crippen molar-refractivity contribution < 1.29 is 14.7 Å². The Bertz CT molecular complexity index is 477. The zero-order valence-electron chi connectivity index (χ0n) is 10.8. The Morgan fingerprint density at radius 2 is 2.37 bits per heavy atom. The quantitative estimate of drug-likeness (QED) is 0.859. The van der Waals surface area contributed by atoms with Crippen LogP contribution in [0.4, 0.5) is 4.79 Å². The highest BCUT2D eigenvalue weighted by molar-refractivity contribution is 5.86. The van der Waals surface area contributed by atoms with Crippen molar-refractivity contribution in [2.45, 2.75) is 31.8 Å². The van der Waals surface area contributed by atoms with Gasteiger partial charge in [0.15, 0.2) is 0 Å². The van der Waals surface area contributed by atoms with Crippen LogP contribution in [0.1, 0.15) is 25.3 Å². The lowest BCUT2D eigenvalue weighted by atomic mass is 10.00. The third-order valence-electron chi connectivity index (χ3n) is 3.51. The van der Waals surface area contributed by atoms with Gasteiger partial charge in [0.25, 0.3) is 0 Å². The van der Waals surface area contributed by atoms with Crippen molar-refractivity contribution in [2.24, 2.45) is 0 Å². The molecule has 0 saturated carbocycles. The molecule has 2 amide bonds. The van der Waals surface area contributed by atoms with E-state index in [1.54, 1.807) is 25.4 Å². The molecular weight excluding hydrogens is 246 g/mol. The van der Waals surface area contributed by atoms with E-state index in [-0.39, 0.29) is 6.03 Å². The van der Waals surface area contributed by atoms with E-state index in [9.17, 15) is 14.7 Å². The molecule has 2 N–H and O–H groups in total. The first-order chi connectivity index (χ1) is 9.04. The van der Waals surface area contributed by atoms with E-state index in [0.29, 0.717) is 25.9 Å². The molecule has 2 heterocycles. The number of aromatic nitrogens is 1. The first-order valence-corrected chi connectivity index (χ1v) is 6.22. The van der Waals surface area contributed by atoms with Gasteiger partial charge < -0.3 is 15.3 Å². The summed E-state index contributed by atoms with van der Waals surface area (Å²) < 4.78 is 0. The van der Waals surface area contributed by atoms with Gasteiger partial charge in [0, 0.05) is 25.5 Å². The molecule has 6 nitrogen and oxygen atoms in total. The van der Waals surface area contributed by atoms with Crippen molar-refractivity contribution in [1.82, 2.24) is 15.2 Å². The maximum atomic E-state index is 12.1. The van der Waals surface area contributed by atoms with Gasteiger partial charge in [-0.15, -0.1) is 0 Å². The summed E-state index contributed by atoms with van der Waals surface area (Å²) in [4.78, 5) is 28.7. The lowest BCUT2D eigenvalue weighted by Gasteiger charge is -2.31. The summed E-state index contributed by atoms with van der Waals surface area (Å²) in [5, 5.41) is 12.0. The fraction of sp³-hybridized carbons (Fsp3) is 0.462. The van der Waals surface area contributed by atoms with Crippen LogP contribution in [0.15, 0.2) is 24.5 Å². The summed E-state index contributed by atoms with van der Waals surface area (Å²) in [6.45, 7) is 2.41. The zero-order valence-corrected chi connectivity index (χ0v) is 10.8. The lowest BCUT2D eigenvalue weighted by molar-refractivity contribution is -0.147. The number of likely N-dealkylation sites (tertiary alicyclic amines) is 1. The van der Waals surface area contributed by atoms with Gasteiger partial charge in [0.05, 0.1) is 0 Å². The number of amides is 2. The summed E-state index contributed by atoms with van der Waals surface area (Å²) in [5.74, 6) is -0.957. The van der Waals surface area contributed by atoms with Crippen molar-refractivity contribution in [3.05, 3.63) is 30.1 Å². The van der Waals surface area contributed by atoms with E-state index in [4.69, 9.17) is 0 Å². The van der Waals surface area contributed by atoms with E-state index in [2.05, 4.69) is 10.3 Å². The third kappa shape index (κ3) is 2.67. The number of nitrogens with zero attached hydrogens (tertiary/aromatic N) is 2. The number of urea groups is 1. The molecule has 6 heteroatoms. The Balaban J connectivity index is 1.98. The van der Waals surface area contributed by atoms with Crippen LogP contribution in [0, 0.1) is 0 Å². The summed E-state index contributed by atoms with van der Waals surface area (Å²) >= 11 is 0. The molecule has 1 unspecified atom stereocenters. The van der Waals surface area contributed by atoms with Gasteiger partial charge in [-0.2, -0.15) is 0 Å². The lowest BCUT2D eigenvalue weighted by Crippen LogP contribution is -2.53. The minimum Gasteiger partial charge on any atom is -0.480 e. The number of carboxylic acids is 1. The molecule has 1 aliphatic rings. The molecule has 1 aliphatic heterocycles. The number of carboxylic acid groups (broad SMARTS) is 1. The molecule has 19 heavy (non-hydrogen) atoms. The first-order valence-electron chi connectivity index (χ1n) is 6.22. The van der Waals surface area contributed by atoms with Crippen LogP contribution in [0.5, 0.6) is 0 Å². The highest BCUT2D eigenvalue weighted by atomic mass is 16.4. The smallest absolute Gasteiger partial charge is 0.329 e. The Morgan fingerprint density at radius 3 is 3.00 bits per heavy atom. The standard InChI is InChI=1S/C13H17N3O3/c1-13(11(17)18)5-3-7-16(13)12(19)15-9-10-4-2-6-14-8-10/h2,4,6,8H,3,5,7,9H2,1H3,(H,15,19)(H,17,18). The van der Waals surface area contributed by atoms with Gasteiger partial charge >= 0.3 is 12.0 Å². The highest BCUT2D eigenvalue weighted by Crippen LogP contribution is 2.29. The van der Waals surface area contributed by atoms with E-state index < -0.39 is 11.5 Å². The second kappa shape index (κ2) is 5.26. The van der Waals surface area contributed by atoms with Crippen LogP contribution >= 0.6 is 0 Å². The normalized spacial score (nSPS) is 22.3. The average Bonchev–Trinajstić information content (AvgIpc) is 2.81. The SMILES string of the molecule is CC1(C(=O)O)CCCN1C(=O)NCc1cccnc1. The van der Waals surface area contributed by atoms with Crippen molar-refractivity contribution in [3.8, 4) is 0 Å². The fourth-order valence-electron chi connectivity index (χ4n) is 2.29. The molecule has 0 bridgehead atoms. The molecule has 0 spiro atoms. The van der Waals surface area contributed by atoms with Gasteiger partial charge in [0.2, 0.25) is 0 Å². The first kappa shape index (κ1) is 13.3. The second-order valence-corrected chi connectivity index (χ2v) is 4.85. The van der Waals surface area contributed by atoms with Crippen molar-refractivity contribution in [1.29, 1.82) is 0 Å². The van der Waals surface area contributed by atoms with Gasteiger partial charge in [-0.25, -0.2) is 9.59 Å². The van der Waals surface area contributed by atoms with E-state index in [1.807, 2.05) is 6.07 Å². The molecule has 1 fully saturated rings. The number of carbonyl (C=O) groups is 2. The Morgan fingerprint density at radius 1 is 1.58 bits per heavy atom. The number of carbonyl (C=O) groups excluding carboxylic acids is 1. The Labute approximate surface area is 111 Å². The molecule has 0 aromatic carbocycles. The van der Waals surface area contributed by atoms with Gasteiger partial charge in [-0.1, -0.05) is 6.07 Å². The largest absolute Gasteiger partial charge is 0.480 e. The van der Waals surface area contributed by atoms with Crippen LogP contribution in [0.3, 0.4) is 0 Å². The van der Waals surface area contributed by atoms with Crippen LogP contribution in [0.25, 0.3) is 0 Å². The van der Waals surface area contributed by atoms with E-state index in [1.165, 1.54) is 4.90 Å². The topological polar surface area (TPSA) is 82.5 Å². The van der Waals surface area contributed by atoms with Crippen LogP contribution in [0.2, 0.25) is 0 Å². The maximum absolute atomic E-state index is 12.1. The molecular formula is C13H17N3O3. The van der Waals surface area contributed by atoms with Gasteiger partial charge in [-0.05, 0) is 31.4 Å². The number of nitrogens with one attached hydrogen (secondary N) is 1. The van der Waals surface area contributed by atoms with Crippen molar-refractivity contribution in [2.75, 3.05) is 6.54 Å².